The van der Waals surface area contributed by atoms with Crippen molar-refractivity contribution in [1.29, 1.82) is 0 Å². The Morgan fingerprint density at radius 1 is 0.400 bits per heavy atom. The molecule has 2 nitrogen and oxygen atoms in total. The summed E-state index contributed by atoms with van der Waals surface area (Å²) in [5.41, 5.74) is 12.7. The molecule has 2 aliphatic rings. The first-order chi connectivity index (χ1) is 29.6. The minimum Gasteiger partial charge on any atom is -0.332 e. The van der Waals surface area contributed by atoms with Crippen molar-refractivity contribution in [3.8, 4) is 0 Å². The fraction of sp³-hybridized carbons (Fsp3) is 0.0690. The van der Waals surface area contributed by atoms with Gasteiger partial charge in [0.05, 0.1) is 11.0 Å². The van der Waals surface area contributed by atoms with Gasteiger partial charge in [-0.3, -0.25) is 0 Å². The molecule has 0 saturated heterocycles. The van der Waals surface area contributed by atoms with Gasteiger partial charge >= 0.3 is 0 Å². The number of nitrogens with zero attached hydrogens (tertiary/aromatic N) is 2. The van der Waals surface area contributed by atoms with Gasteiger partial charge in [-0.05, 0) is 129 Å². The van der Waals surface area contributed by atoms with Crippen molar-refractivity contribution in [3.63, 3.8) is 0 Å². The summed E-state index contributed by atoms with van der Waals surface area (Å²) in [5, 5.41) is 5.06. The largest absolute Gasteiger partial charge is 0.332 e. The predicted molar refractivity (Wildman–Crippen MR) is 253 cm³/mol. The summed E-state index contributed by atoms with van der Waals surface area (Å²) in [4.78, 5) is 4.92. The van der Waals surface area contributed by atoms with Crippen LogP contribution in [0.25, 0.3) is 27.1 Å². The van der Waals surface area contributed by atoms with Gasteiger partial charge in [0.2, 0.25) is 0 Å². The van der Waals surface area contributed by atoms with E-state index in [1.54, 1.807) is 0 Å². The third-order valence-electron chi connectivity index (χ3n) is 12.8. The van der Waals surface area contributed by atoms with Gasteiger partial charge < -0.3 is 9.80 Å². The van der Waals surface area contributed by atoms with Crippen LogP contribution in [0.5, 0.6) is 0 Å². The van der Waals surface area contributed by atoms with E-state index in [0.29, 0.717) is 0 Å². The zero-order valence-electron chi connectivity index (χ0n) is 33.6. The number of fused-ring (bicyclic) bond motifs is 7. The van der Waals surface area contributed by atoms with Crippen molar-refractivity contribution in [3.05, 3.63) is 264 Å². The van der Waals surface area contributed by atoms with Crippen LogP contribution >= 0.6 is 0 Å². The Morgan fingerprint density at radius 3 is 1.37 bits per heavy atom. The highest BCUT2D eigenvalue weighted by atomic mass is 15.2. The van der Waals surface area contributed by atoms with Crippen LogP contribution in [-0.2, 0) is 5.41 Å². The lowest BCUT2D eigenvalue weighted by molar-refractivity contribution is 0.525. The van der Waals surface area contributed by atoms with Crippen LogP contribution in [0.3, 0.4) is 0 Å². The highest BCUT2D eigenvalue weighted by Gasteiger charge is 2.52. The van der Waals surface area contributed by atoms with E-state index in [9.17, 15) is 0 Å². The van der Waals surface area contributed by atoms with E-state index < -0.39 is 11.0 Å². The predicted octanol–water partition coefficient (Wildman–Crippen LogP) is 15.1. The molecule has 0 amide bonds. The van der Waals surface area contributed by atoms with Crippen molar-refractivity contribution in [1.82, 2.24) is 0 Å². The molecule has 60 heavy (non-hydrogen) atoms. The van der Waals surface area contributed by atoms with Crippen molar-refractivity contribution in [2.24, 2.45) is 0 Å². The topological polar surface area (TPSA) is 6.48 Å². The molecule has 0 radical (unpaired) electrons. The summed E-state index contributed by atoms with van der Waals surface area (Å²) < 4.78 is 0. The molecule has 286 valence electrons. The molecule has 9 aromatic carbocycles. The van der Waals surface area contributed by atoms with E-state index >= 15 is 0 Å². The van der Waals surface area contributed by atoms with E-state index in [0.717, 1.165) is 23.5 Å². The fourth-order valence-corrected chi connectivity index (χ4v) is 10.4. The molecule has 0 spiro atoms. The average molecular weight is 769 g/mol. The summed E-state index contributed by atoms with van der Waals surface area (Å²) in [6, 6.07) is 82.1. The minimum absolute atomic E-state index is 0.400. The van der Waals surface area contributed by atoms with E-state index in [1.165, 1.54) is 66.3 Å². The summed E-state index contributed by atoms with van der Waals surface area (Å²) in [7, 11) is 0. The summed E-state index contributed by atoms with van der Waals surface area (Å²) >= 11 is 0. The number of hydrogen-bond donors (Lipinski definition) is 0. The van der Waals surface area contributed by atoms with Crippen LogP contribution in [0.2, 0.25) is 0 Å². The first-order valence-corrected chi connectivity index (χ1v) is 21.0. The zero-order chi connectivity index (χ0) is 40.1. The average Bonchev–Trinajstić information content (AvgIpc) is 3.62. The van der Waals surface area contributed by atoms with Gasteiger partial charge in [0.1, 0.15) is 0 Å². The molecule has 1 unspecified atom stereocenters. The third-order valence-corrected chi connectivity index (χ3v) is 12.8. The number of benzene rings is 9. The molecular formula is C58H44N2. The fourth-order valence-electron chi connectivity index (χ4n) is 10.4. The summed E-state index contributed by atoms with van der Waals surface area (Å²) in [6.45, 7) is 2.42. The normalized spacial score (nSPS) is 16.4. The zero-order valence-corrected chi connectivity index (χ0v) is 33.6. The lowest BCUT2D eigenvalue weighted by Gasteiger charge is -2.46. The summed E-state index contributed by atoms with van der Waals surface area (Å²) in [5.74, 6) is 0. The van der Waals surface area contributed by atoms with Crippen LogP contribution in [0, 0.1) is 0 Å². The molecule has 0 aromatic heterocycles. The first-order valence-electron chi connectivity index (χ1n) is 21.0. The Morgan fingerprint density at radius 2 is 0.850 bits per heavy atom. The highest BCUT2D eigenvalue weighted by Crippen LogP contribution is 2.62. The molecule has 2 aliphatic carbocycles. The maximum atomic E-state index is 2.54. The Kier molecular flexibility index (Phi) is 8.60. The van der Waals surface area contributed by atoms with Gasteiger partial charge in [-0.2, -0.15) is 0 Å². The second-order valence-corrected chi connectivity index (χ2v) is 16.3. The third kappa shape index (κ3) is 5.56. The molecule has 0 heterocycles. The maximum Gasteiger partial charge on any atom is 0.0683 e. The van der Waals surface area contributed by atoms with E-state index in [2.05, 4.69) is 253 Å². The smallest absolute Gasteiger partial charge is 0.0683 e. The Bertz CT molecular complexity index is 2930. The monoisotopic (exact) mass is 768 g/mol. The molecule has 0 fully saturated rings. The molecule has 1 atom stereocenters. The number of rotatable bonds is 8. The Balaban J connectivity index is 1.22. The quantitative estimate of drug-likeness (QED) is 0.142. The number of hydrogen-bond acceptors (Lipinski definition) is 2. The molecular weight excluding hydrogens is 725 g/mol. The van der Waals surface area contributed by atoms with Crippen molar-refractivity contribution in [2.75, 3.05) is 9.80 Å². The molecule has 0 bridgehead atoms. The van der Waals surface area contributed by atoms with Crippen molar-refractivity contribution < 1.29 is 0 Å². The standard InChI is InChI=1S/C58H44N2/c1-57(60(46-30-16-6-17-31-46)47-32-18-7-19-33-47)39-38-52-54(41-57)58(42-22-8-2-9-23-42,43-24-10-3-11-25-43)56-51-37-36-48(40-53(51)49-34-20-21-35-50(49)55(52)56)59(44-26-12-4-13-27-44)45-28-14-5-15-29-45/h2-40H,41H2,1H3. The molecule has 2 heteroatoms. The van der Waals surface area contributed by atoms with Gasteiger partial charge in [-0.25, -0.2) is 0 Å². The van der Waals surface area contributed by atoms with Crippen LogP contribution in [0.4, 0.5) is 28.4 Å². The second kappa shape index (κ2) is 14.4. The number of allylic oxidation sites excluding steroid dienone is 2. The van der Waals surface area contributed by atoms with Gasteiger partial charge in [0, 0.05) is 28.4 Å². The van der Waals surface area contributed by atoms with Gasteiger partial charge in [-0.15, -0.1) is 0 Å². The van der Waals surface area contributed by atoms with Crippen LogP contribution in [-0.4, -0.2) is 5.54 Å². The Hall–Kier alpha value is -7.42. The van der Waals surface area contributed by atoms with Gasteiger partial charge in [-0.1, -0.05) is 176 Å². The van der Waals surface area contributed by atoms with E-state index in [4.69, 9.17) is 0 Å². The molecule has 9 aromatic rings. The van der Waals surface area contributed by atoms with Crippen molar-refractivity contribution >= 4 is 55.6 Å². The summed E-state index contributed by atoms with van der Waals surface area (Å²) in [6.07, 6.45) is 5.75. The lowest BCUT2D eigenvalue weighted by atomic mass is 9.63. The first kappa shape index (κ1) is 35.7. The molecule has 0 aliphatic heterocycles. The van der Waals surface area contributed by atoms with Crippen LogP contribution < -0.4 is 9.80 Å². The van der Waals surface area contributed by atoms with E-state index in [1.807, 2.05) is 0 Å². The molecule has 0 saturated carbocycles. The van der Waals surface area contributed by atoms with Gasteiger partial charge in [0.25, 0.3) is 0 Å². The molecule has 11 rings (SSSR count). The second-order valence-electron chi connectivity index (χ2n) is 16.3. The molecule has 0 N–H and O–H groups in total. The highest BCUT2D eigenvalue weighted by molar-refractivity contribution is 6.19. The van der Waals surface area contributed by atoms with Crippen LogP contribution in [0.15, 0.2) is 242 Å². The Labute approximate surface area is 352 Å². The van der Waals surface area contributed by atoms with E-state index in [-0.39, 0.29) is 0 Å². The SMILES string of the molecule is CC1(N(c2ccccc2)c2ccccc2)C=CC2=C(C1)C(c1ccccc1)(c1ccccc1)c1c2c2ccccc2c2cc(N(c3ccccc3)c3ccccc3)ccc12. The number of anilines is 5. The lowest BCUT2D eigenvalue weighted by Crippen LogP contribution is -2.45. The maximum absolute atomic E-state index is 2.54. The van der Waals surface area contributed by atoms with Crippen LogP contribution in [0.1, 0.15) is 35.6 Å². The minimum atomic E-state index is -0.583. The van der Waals surface area contributed by atoms with Crippen molar-refractivity contribution in [2.45, 2.75) is 24.3 Å². The van der Waals surface area contributed by atoms with Gasteiger partial charge in [0.15, 0.2) is 0 Å². The number of para-hydroxylation sites is 4.